The quantitative estimate of drug-likeness (QED) is 0.661. The zero-order valence-corrected chi connectivity index (χ0v) is 9.51. The predicted octanol–water partition coefficient (Wildman–Crippen LogP) is 3.43. The number of phenols is 1. The number of hydrogen-bond donors (Lipinski definition) is 1. The Balaban J connectivity index is 2.20. The fraction of sp³-hybridized carbons (Fsp3) is 0. The average molecular weight is 242 g/mol. The van der Waals surface area contributed by atoms with Gasteiger partial charge < -0.3 is 5.11 Å². The lowest BCUT2D eigenvalue weighted by atomic mass is 10.1. The van der Waals surface area contributed by atoms with E-state index in [1.54, 1.807) is 6.08 Å². The van der Waals surface area contributed by atoms with Crippen molar-refractivity contribution >= 4 is 11.9 Å². The molecule has 0 fully saturated rings. The molecule has 0 aliphatic heterocycles. The van der Waals surface area contributed by atoms with Gasteiger partial charge in [-0.05, 0) is 23.8 Å². The standard InChI is InChI=1S/C15H11FO2/c16-12-7-8-13(15(18)10-12)14(17)9-6-11-4-2-1-3-5-11/h1-10,18H/b9-6+. The first kappa shape index (κ1) is 12.0. The number of aromatic hydroxyl groups is 1. The summed E-state index contributed by atoms with van der Waals surface area (Å²) in [5.41, 5.74) is 0.969. The maximum absolute atomic E-state index is 12.8. The van der Waals surface area contributed by atoms with Crippen LogP contribution in [0.25, 0.3) is 6.08 Å². The van der Waals surface area contributed by atoms with Crippen molar-refractivity contribution in [2.24, 2.45) is 0 Å². The number of carbonyl (C=O) groups excluding carboxylic acids is 1. The van der Waals surface area contributed by atoms with E-state index < -0.39 is 5.82 Å². The van der Waals surface area contributed by atoms with Crippen LogP contribution in [0.5, 0.6) is 5.75 Å². The van der Waals surface area contributed by atoms with E-state index in [9.17, 15) is 14.3 Å². The molecule has 2 nitrogen and oxygen atoms in total. The molecule has 3 heteroatoms. The molecule has 18 heavy (non-hydrogen) atoms. The van der Waals surface area contributed by atoms with Crippen molar-refractivity contribution in [1.82, 2.24) is 0 Å². The fourth-order valence-corrected chi connectivity index (χ4v) is 1.54. The van der Waals surface area contributed by atoms with Gasteiger partial charge in [-0.3, -0.25) is 4.79 Å². The Hall–Kier alpha value is -2.42. The number of carbonyl (C=O) groups is 1. The van der Waals surface area contributed by atoms with Crippen LogP contribution in [0, 0.1) is 5.82 Å². The lowest BCUT2D eigenvalue weighted by Gasteiger charge is -2.00. The number of phenolic OH excluding ortho intramolecular Hbond substituents is 1. The molecule has 0 amide bonds. The van der Waals surface area contributed by atoms with Gasteiger partial charge in [0.25, 0.3) is 0 Å². The third kappa shape index (κ3) is 2.83. The second kappa shape index (κ2) is 5.27. The summed E-state index contributed by atoms with van der Waals surface area (Å²) in [6, 6.07) is 12.6. The lowest BCUT2D eigenvalue weighted by molar-refractivity contribution is 0.104. The molecular formula is C15H11FO2. The highest BCUT2D eigenvalue weighted by molar-refractivity contribution is 6.08. The van der Waals surface area contributed by atoms with Crippen molar-refractivity contribution in [2.75, 3.05) is 0 Å². The van der Waals surface area contributed by atoms with Gasteiger partial charge in [0.2, 0.25) is 0 Å². The molecule has 0 aliphatic carbocycles. The summed E-state index contributed by atoms with van der Waals surface area (Å²) in [6.07, 6.45) is 2.99. The van der Waals surface area contributed by atoms with E-state index >= 15 is 0 Å². The second-order valence-electron chi connectivity index (χ2n) is 3.77. The Morgan fingerprint density at radius 1 is 1.11 bits per heavy atom. The van der Waals surface area contributed by atoms with Crippen molar-refractivity contribution in [3.05, 3.63) is 71.6 Å². The van der Waals surface area contributed by atoms with Crippen molar-refractivity contribution in [3.8, 4) is 5.75 Å². The minimum atomic E-state index is -0.573. The summed E-state index contributed by atoms with van der Waals surface area (Å²) in [6.45, 7) is 0. The van der Waals surface area contributed by atoms with Gasteiger partial charge in [0, 0.05) is 6.07 Å². The summed E-state index contributed by atoms with van der Waals surface area (Å²) in [7, 11) is 0. The van der Waals surface area contributed by atoms with Crippen LogP contribution in [0.4, 0.5) is 4.39 Å². The Bertz CT molecular complexity index is 589. The Morgan fingerprint density at radius 2 is 1.83 bits per heavy atom. The minimum Gasteiger partial charge on any atom is -0.507 e. The van der Waals surface area contributed by atoms with Gasteiger partial charge in [-0.25, -0.2) is 4.39 Å². The van der Waals surface area contributed by atoms with Crippen molar-refractivity contribution in [1.29, 1.82) is 0 Å². The number of hydrogen-bond acceptors (Lipinski definition) is 2. The molecule has 0 aromatic heterocycles. The Labute approximate surface area is 104 Å². The second-order valence-corrected chi connectivity index (χ2v) is 3.77. The zero-order chi connectivity index (χ0) is 13.0. The van der Waals surface area contributed by atoms with Gasteiger partial charge in [-0.2, -0.15) is 0 Å². The van der Waals surface area contributed by atoms with E-state index in [0.717, 1.165) is 17.7 Å². The van der Waals surface area contributed by atoms with E-state index in [2.05, 4.69) is 0 Å². The number of benzene rings is 2. The van der Waals surface area contributed by atoms with Crippen LogP contribution in [0.2, 0.25) is 0 Å². The molecule has 0 saturated heterocycles. The highest BCUT2D eigenvalue weighted by Crippen LogP contribution is 2.19. The molecule has 0 spiro atoms. The minimum absolute atomic E-state index is 0.0866. The SMILES string of the molecule is O=C(/C=C/c1ccccc1)c1ccc(F)cc1O. The van der Waals surface area contributed by atoms with E-state index in [1.165, 1.54) is 12.1 Å². The first-order valence-corrected chi connectivity index (χ1v) is 5.43. The van der Waals surface area contributed by atoms with Gasteiger partial charge >= 0.3 is 0 Å². The molecule has 2 aromatic carbocycles. The summed E-state index contributed by atoms with van der Waals surface area (Å²) < 4.78 is 12.8. The molecular weight excluding hydrogens is 231 g/mol. The van der Waals surface area contributed by atoms with Gasteiger partial charge in [0.15, 0.2) is 5.78 Å². The first-order valence-electron chi connectivity index (χ1n) is 5.43. The lowest BCUT2D eigenvalue weighted by Crippen LogP contribution is -1.95. The van der Waals surface area contributed by atoms with Gasteiger partial charge in [0.1, 0.15) is 11.6 Å². The topological polar surface area (TPSA) is 37.3 Å². The highest BCUT2D eigenvalue weighted by atomic mass is 19.1. The first-order chi connectivity index (χ1) is 8.66. The van der Waals surface area contributed by atoms with Crippen LogP contribution in [0.1, 0.15) is 15.9 Å². The van der Waals surface area contributed by atoms with Crippen molar-refractivity contribution in [2.45, 2.75) is 0 Å². The molecule has 2 aromatic rings. The summed E-state index contributed by atoms with van der Waals surface area (Å²) in [4.78, 5) is 11.8. The van der Waals surface area contributed by atoms with Crippen LogP contribution >= 0.6 is 0 Å². The summed E-state index contributed by atoms with van der Waals surface area (Å²) in [5, 5.41) is 9.46. The molecule has 0 radical (unpaired) electrons. The maximum atomic E-state index is 12.8. The average Bonchev–Trinajstić information content (AvgIpc) is 2.37. The molecule has 2 rings (SSSR count). The largest absolute Gasteiger partial charge is 0.507 e. The van der Waals surface area contributed by atoms with Crippen LogP contribution in [-0.2, 0) is 0 Å². The van der Waals surface area contributed by atoms with Gasteiger partial charge in [-0.15, -0.1) is 0 Å². The van der Waals surface area contributed by atoms with E-state index in [-0.39, 0.29) is 17.1 Å². The number of allylic oxidation sites excluding steroid dienone is 1. The fourth-order valence-electron chi connectivity index (χ4n) is 1.54. The number of rotatable bonds is 3. The molecule has 0 atom stereocenters. The third-order valence-electron chi connectivity index (χ3n) is 2.45. The Morgan fingerprint density at radius 3 is 2.50 bits per heavy atom. The van der Waals surface area contributed by atoms with Crippen molar-refractivity contribution in [3.63, 3.8) is 0 Å². The van der Waals surface area contributed by atoms with Crippen LogP contribution < -0.4 is 0 Å². The predicted molar refractivity (Wildman–Crippen MR) is 67.9 cm³/mol. The molecule has 0 saturated carbocycles. The monoisotopic (exact) mass is 242 g/mol. The molecule has 0 aliphatic rings. The number of ketones is 1. The molecule has 1 N–H and O–H groups in total. The molecule has 90 valence electrons. The number of halogens is 1. The zero-order valence-electron chi connectivity index (χ0n) is 9.51. The maximum Gasteiger partial charge on any atom is 0.189 e. The molecule has 0 bridgehead atoms. The Kier molecular flexibility index (Phi) is 3.53. The third-order valence-corrected chi connectivity index (χ3v) is 2.45. The summed E-state index contributed by atoms with van der Waals surface area (Å²) in [5.74, 6) is -1.29. The molecule has 0 unspecified atom stereocenters. The van der Waals surface area contributed by atoms with E-state index in [0.29, 0.717) is 0 Å². The van der Waals surface area contributed by atoms with E-state index in [4.69, 9.17) is 0 Å². The smallest absolute Gasteiger partial charge is 0.189 e. The van der Waals surface area contributed by atoms with Crippen LogP contribution in [0.3, 0.4) is 0 Å². The van der Waals surface area contributed by atoms with Crippen molar-refractivity contribution < 1.29 is 14.3 Å². The van der Waals surface area contributed by atoms with Gasteiger partial charge in [0.05, 0.1) is 5.56 Å². The highest BCUT2D eigenvalue weighted by Gasteiger charge is 2.08. The van der Waals surface area contributed by atoms with Gasteiger partial charge in [-0.1, -0.05) is 36.4 Å². The van der Waals surface area contributed by atoms with Crippen LogP contribution in [0.15, 0.2) is 54.6 Å². The van der Waals surface area contributed by atoms with E-state index in [1.807, 2.05) is 30.3 Å². The summed E-state index contributed by atoms with van der Waals surface area (Å²) >= 11 is 0. The normalized spacial score (nSPS) is 10.7. The molecule has 0 heterocycles. The van der Waals surface area contributed by atoms with Crippen LogP contribution in [-0.4, -0.2) is 10.9 Å².